The lowest BCUT2D eigenvalue weighted by Crippen LogP contribution is -2.51. The minimum absolute atomic E-state index is 0.334. The Labute approximate surface area is 171 Å². The molecular weight excluding hydrogens is 406 g/mol. The van der Waals surface area contributed by atoms with Crippen LogP contribution in [-0.2, 0) is 33.4 Å². The van der Waals surface area contributed by atoms with E-state index in [1.165, 1.54) is 6.92 Å². The lowest BCUT2D eigenvalue weighted by Gasteiger charge is -2.35. The summed E-state index contributed by atoms with van der Waals surface area (Å²) in [6, 6.07) is 0. The van der Waals surface area contributed by atoms with E-state index in [0.717, 1.165) is 6.42 Å². The Morgan fingerprint density at radius 3 is 2.43 bits per heavy atom. The first-order valence-corrected chi connectivity index (χ1v) is 10.3. The van der Waals surface area contributed by atoms with E-state index in [9.17, 15) is 28.0 Å². The summed E-state index contributed by atoms with van der Waals surface area (Å²) in [4.78, 5) is 48.0. The second-order valence-corrected chi connectivity index (χ2v) is 8.77. The molecule has 0 radical (unpaired) electrons. The molecule has 0 spiro atoms. The highest BCUT2D eigenvalue weighted by Crippen LogP contribution is 2.59. The molecule has 1 N–H and O–H groups in total. The van der Waals surface area contributed by atoms with Gasteiger partial charge >= 0.3 is 29.8 Å². The summed E-state index contributed by atoms with van der Waals surface area (Å²) in [6.45, 7) is 1.19. The minimum atomic E-state index is -4.25. The van der Waals surface area contributed by atoms with E-state index in [0.29, 0.717) is 32.1 Å². The maximum atomic E-state index is 14.5. The number of alkyl halides is 2. The van der Waals surface area contributed by atoms with Crippen LogP contribution in [0.25, 0.3) is 0 Å². The van der Waals surface area contributed by atoms with Crippen LogP contribution in [0.2, 0.25) is 0 Å². The van der Waals surface area contributed by atoms with Crippen molar-refractivity contribution in [2.75, 3.05) is 0 Å². The molecule has 10 heteroatoms. The molecule has 1 saturated heterocycles. The van der Waals surface area contributed by atoms with Crippen LogP contribution in [0.1, 0.15) is 45.4 Å². The van der Waals surface area contributed by atoms with Crippen LogP contribution in [0, 0.1) is 29.6 Å². The lowest BCUT2D eigenvalue weighted by molar-refractivity contribution is -0.207. The zero-order chi connectivity index (χ0) is 21.8. The number of carbonyl (C=O) groups is 4. The number of fused-ring (bicyclic) bond motifs is 1. The third-order valence-electron chi connectivity index (χ3n) is 7.08. The fraction of sp³-hybridized carbons (Fsp3) is 0.800. The van der Waals surface area contributed by atoms with E-state index in [2.05, 4.69) is 0 Å². The second-order valence-electron chi connectivity index (χ2n) is 8.77. The van der Waals surface area contributed by atoms with E-state index < -0.39 is 71.8 Å². The molecule has 0 amide bonds. The highest BCUT2D eigenvalue weighted by molar-refractivity contribution is 5.87. The molecule has 1 aliphatic heterocycles. The van der Waals surface area contributed by atoms with Crippen molar-refractivity contribution in [3.05, 3.63) is 0 Å². The Kier molecular flexibility index (Phi) is 5.22. The fourth-order valence-electron chi connectivity index (χ4n) is 5.89. The van der Waals surface area contributed by atoms with E-state index in [1.54, 1.807) is 0 Å². The Balaban J connectivity index is 1.58. The average Bonchev–Trinajstić information content (AvgIpc) is 3.29. The van der Waals surface area contributed by atoms with Crippen LogP contribution in [0.3, 0.4) is 0 Å². The van der Waals surface area contributed by atoms with Gasteiger partial charge in [0.25, 0.3) is 0 Å². The van der Waals surface area contributed by atoms with Crippen molar-refractivity contribution in [3.63, 3.8) is 0 Å². The number of ether oxygens (including phenoxy) is 3. The molecule has 30 heavy (non-hydrogen) atoms. The number of hydrogen-bond donors (Lipinski definition) is 1. The Hall–Kier alpha value is -2.26. The maximum Gasteiger partial charge on any atom is 0.378 e. The van der Waals surface area contributed by atoms with Gasteiger partial charge in [-0.3, -0.25) is 14.4 Å². The molecule has 7 unspecified atom stereocenters. The van der Waals surface area contributed by atoms with Crippen LogP contribution in [0.4, 0.5) is 8.78 Å². The Bertz CT molecular complexity index is 762. The molecule has 3 saturated carbocycles. The topological polar surface area (TPSA) is 116 Å². The number of esters is 3. The number of carboxylic acids is 1. The zero-order valence-corrected chi connectivity index (χ0v) is 16.4. The van der Waals surface area contributed by atoms with Gasteiger partial charge in [0.2, 0.25) is 0 Å². The standard InChI is InChI=1S/C20H24F2O8/c1-8(23)28-14-10-7-11-12(17(24)29-15(11)14)13(10)18(25)30-16(20(21,22)19(26)27)9-5-3-2-4-6-9/h9-16H,2-7H2,1H3,(H,26,27). The van der Waals surface area contributed by atoms with Crippen molar-refractivity contribution < 1.29 is 47.3 Å². The number of hydrogen-bond acceptors (Lipinski definition) is 7. The summed E-state index contributed by atoms with van der Waals surface area (Å²) >= 11 is 0. The van der Waals surface area contributed by atoms with Gasteiger partial charge in [-0.05, 0) is 19.3 Å². The van der Waals surface area contributed by atoms with Gasteiger partial charge in [0.15, 0.2) is 6.10 Å². The van der Waals surface area contributed by atoms with Crippen LogP contribution in [0.15, 0.2) is 0 Å². The molecular formula is C20H24F2O8. The summed E-state index contributed by atoms with van der Waals surface area (Å²) in [5, 5.41) is 9.04. The number of carbonyl (C=O) groups excluding carboxylic acids is 3. The highest BCUT2D eigenvalue weighted by atomic mass is 19.3. The van der Waals surface area contributed by atoms with Crippen molar-refractivity contribution in [2.24, 2.45) is 29.6 Å². The van der Waals surface area contributed by atoms with Crippen LogP contribution >= 0.6 is 0 Å². The summed E-state index contributed by atoms with van der Waals surface area (Å²) in [5.74, 6) is -12.5. The summed E-state index contributed by atoms with van der Waals surface area (Å²) in [7, 11) is 0. The average molecular weight is 430 g/mol. The summed E-state index contributed by atoms with van der Waals surface area (Å²) in [6.07, 6.45) is -0.397. The van der Waals surface area contributed by atoms with Crippen LogP contribution in [0.5, 0.6) is 0 Å². The Morgan fingerprint density at radius 1 is 1.17 bits per heavy atom. The van der Waals surface area contributed by atoms with Gasteiger partial charge in [-0.1, -0.05) is 19.3 Å². The second kappa shape index (κ2) is 7.46. The summed E-state index contributed by atoms with van der Waals surface area (Å²) in [5.41, 5.74) is 0. The molecule has 8 nitrogen and oxygen atoms in total. The van der Waals surface area contributed by atoms with Crippen molar-refractivity contribution in [1.82, 2.24) is 0 Å². The van der Waals surface area contributed by atoms with E-state index >= 15 is 0 Å². The number of halogens is 2. The van der Waals surface area contributed by atoms with Gasteiger partial charge in [-0.15, -0.1) is 0 Å². The van der Waals surface area contributed by atoms with Gasteiger partial charge < -0.3 is 19.3 Å². The molecule has 0 aromatic carbocycles. The van der Waals surface area contributed by atoms with Gasteiger partial charge in [-0.2, -0.15) is 8.78 Å². The minimum Gasteiger partial charge on any atom is -0.477 e. The smallest absolute Gasteiger partial charge is 0.378 e. The van der Waals surface area contributed by atoms with Crippen molar-refractivity contribution in [1.29, 1.82) is 0 Å². The molecule has 1 heterocycles. The van der Waals surface area contributed by atoms with Gasteiger partial charge in [0, 0.05) is 24.7 Å². The third-order valence-corrected chi connectivity index (χ3v) is 7.08. The molecule has 166 valence electrons. The molecule has 0 aromatic heterocycles. The third kappa shape index (κ3) is 3.24. The molecule has 4 aliphatic rings. The predicted octanol–water partition coefficient (Wildman–Crippen LogP) is 1.94. The van der Waals surface area contributed by atoms with E-state index in [4.69, 9.17) is 19.3 Å². The Morgan fingerprint density at radius 2 is 1.83 bits per heavy atom. The van der Waals surface area contributed by atoms with E-state index in [-0.39, 0.29) is 5.92 Å². The normalized spacial score (nSPS) is 36.3. The number of aliphatic carboxylic acids is 1. The summed E-state index contributed by atoms with van der Waals surface area (Å²) < 4.78 is 44.8. The first-order chi connectivity index (χ1) is 14.1. The van der Waals surface area contributed by atoms with Crippen molar-refractivity contribution in [3.8, 4) is 0 Å². The predicted molar refractivity (Wildman–Crippen MR) is 93.0 cm³/mol. The first-order valence-electron chi connectivity index (χ1n) is 10.3. The maximum absolute atomic E-state index is 14.5. The van der Waals surface area contributed by atoms with Gasteiger partial charge in [0.1, 0.15) is 12.2 Å². The van der Waals surface area contributed by atoms with E-state index in [1.807, 2.05) is 0 Å². The molecule has 4 rings (SSSR count). The highest BCUT2D eigenvalue weighted by Gasteiger charge is 2.70. The SMILES string of the molecule is CC(=O)OC1C2CC3C1OC(=O)C3C2C(=O)OC(C1CCCCC1)C(F)(F)C(=O)O. The van der Waals surface area contributed by atoms with Crippen molar-refractivity contribution >= 4 is 23.9 Å². The monoisotopic (exact) mass is 430 g/mol. The fourth-order valence-corrected chi connectivity index (χ4v) is 5.89. The quantitative estimate of drug-likeness (QED) is 0.502. The number of carboxylic acid groups (broad SMARTS) is 1. The van der Waals surface area contributed by atoms with Gasteiger partial charge in [0.05, 0.1) is 11.8 Å². The molecule has 7 atom stereocenters. The van der Waals surface area contributed by atoms with Crippen molar-refractivity contribution in [2.45, 2.75) is 69.7 Å². The molecule has 2 bridgehead atoms. The van der Waals surface area contributed by atoms with Gasteiger partial charge in [-0.25, -0.2) is 4.79 Å². The van der Waals surface area contributed by atoms with Crippen LogP contribution < -0.4 is 0 Å². The first kappa shape index (κ1) is 21.0. The van der Waals surface area contributed by atoms with Crippen LogP contribution in [-0.4, -0.2) is 53.2 Å². The number of rotatable bonds is 6. The molecule has 3 aliphatic carbocycles. The lowest BCUT2D eigenvalue weighted by atomic mass is 9.78. The molecule has 0 aromatic rings. The molecule has 4 fully saturated rings. The zero-order valence-electron chi connectivity index (χ0n) is 16.4. The largest absolute Gasteiger partial charge is 0.477 e.